The average Bonchev–Trinajstić information content (AvgIpc) is 3.09. The van der Waals surface area contributed by atoms with Crippen molar-refractivity contribution in [3.05, 3.63) is 29.8 Å². The third kappa shape index (κ3) is 3.10. The first-order valence-corrected chi connectivity index (χ1v) is 8.66. The first-order valence-electron chi connectivity index (χ1n) is 8.66. The van der Waals surface area contributed by atoms with Crippen LogP contribution in [0.5, 0.6) is 0 Å². The minimum atomic E-state index is -0.389. The minimum absolute atomic E-state index is 0.0909. The maximum absolute atomic E-state index is 12.6. The van der Waals surface area contributed by atoms with Crippen LogP contribution in [0.25, 0.3) is 0 Å². The van der Waals surface area contributed by atoms with E-state index in [1.54, 1.807) is 0 Å². The molecule has 0 bridgehead atoms. The minimum Gasteiger partial charge on any atom is -0.399 e. The molecule has 1 N–H and O–H groups in total. The Bertz CT molecular complexity index is 599. The van der Waals surface area contributed by atoms with Crippen LogP contribution in [-0.2, 0) is 9.31 Å². The van der Waals surface area contributed by atoms with Crippen molar-refractivity contribution >= 4 is 18.5 Å². The molecule has 1 aromatic carbocycles. The number of carbonyl (C=O) groups excluding carboxylic acids is 1. The van der Waals surface area contributed by atoms with Crippen molar-refractivity contribution in [1.29, 1.82) is 0 Å². The molecule has 1 atom stereocenters. The van der Waals surface area contributed by atoms with Crippen LogP contribution in [0.4, 0.5) is 0 Å². The Morgan fingerprint density at radius 2 is 1.75 bits per heavy atom. The number of hydrogen-bond donors (Lipinski definition) is 1. The highest BCUT2D eigenvalue weighted by Gasteiger charge is 2.51. The van der Waals surface area contributed by atoms with Crippen molar-refractivity contribution in [3.63, 3.8) is 0 Å². The van der Waals surface area contributed by atoms with Crippen LogP contribution in [-0.4, -0.2) is 55.3 Å². The van der Waals surface area contributed by atoms with Gasteiger partial charge in [0.15, 0.2) is 0 Å². The van der Waals surface area contributed by atoms with Gasteiger partial charge in [-0.3, -0.25) is 4.79 Å². The maximum atomic E-state index is 12.6. The zero-order valence-electron chi connectivity index (χ0n) is 15.3. The third-order valence-electron chi connectivity index (χ3n) is 5.57. The Kier molecular flexibility index (Phi) is 4.49. The number of rotatable bonds is 3. The number of carbonyl (C=O) groups is 1. The molecule has 1 aromatic rings. The highest BCUT2D eigenvalue weighted by Crippen LogP contribution is 2.36. The van der Waals surface area contributed by atoms with Crippen LogP contribution < -0.4 is 10.8 Å². The molecule has 0 unspecified atom stereocenters. The zero-order valence-corrected chi connectivity index (χ0v) is 15.3. The molecule has 24 heavy (non-hydrogen) atoms. The first kappa shape index (κ1) is 17.5. The topological polar surface area (TPSA) is 50.8 Å². The zero-order chi connectivity index (χ0) is 17.5. The van der Waals surface area contributed by atoms with Crippen molar-refractivity contribution in [2.24, 2.45) is 0 Å². The molecule has 2 aliphatic heterocycles. The summed E-state index contributed by atoms with van der Waals surface area (Å²) in [7, 11) is 1.55. The summed E-state index contributed by atoms with van der Waals surface area (Å²) in [4.78, 5) is 14.5. The molecule has 0 spiro atoms. The van der Waals surface area contributed by atoms with Gasteiger partial charge in [0.05, 0.1) is 11.2 Å². The van der Waals surface area contributed by atoms with Crippen molar-refractivity contribution in [1.82, 2.24) is 10.2 Å². The van der Waals surface area contributed by atoms with E-state index < -0.39 is 0 Å². The van der Waals surface area contributed by atoms with Gasteiger partial charge in [0.1, 0.15) is 0 Å². The summed E-state index contributed by atoms with van der Waals surface area (Å²) >= 11 is 0. The predicted molar refractivity (Wildman–Crippen MR) is 95.5 cm³/mol. The quantitative estimate of drug-likeness (QED) is 0.852. The van der Waals surface area contributed by atoms with Gasteiger partial charge in [0.2, 0.25) is 0 Å². The molecule has 0 aliphatic carbocycles. The highest BCUT2D eigenvalue weighted by molar-refractivity contribution is 6.62. The lowest BCUT2D eigenvalue weighted by Gasteiger charge is -2.32. The van der Waals surface area contributed by atoms with E-state index in [-0.39, 0.29) is 24.2 Å². The van der Waals surface area contributed by atoms with Gasteiger partial charge >= 0.3 is 7.12 Å². The lowest BCUT2D eigenvalue weighted by atomic mass is 9.79. The Morgan fingerprint density at radius 3 is 2.25 bits per heavy atom. The van der Waals surface area contributed by atoms with Crippen molar-refractivity contribution in [2.45, 2.75) is 51.4 Å². The molecule has 6 heteroatoms. The number of likely N-dealkylation sites (tertiary alicyclic amines) is 1. The molecule has 5 nitrogen and oxygen atoms in total. The van der Waals surface area contributed by atoms with Gasteiger partial charge in [-0.1, -0.05) is 12.1 Å². The van der Waals surface area contributed by atoms with Crippen LogP contribution in [0.1, 0.15) is 44.5 Å². The van der Waals surface area contributed by atoms with Gasteiger partial charge in [-0.25, -0.2) is 0 Å². The van der Waals surface area contributed by atoms with Gasteiger partial charge in [0, 0.05) is 24.7 Å². The lowest BCUT2D eigenvalue weighted by Crippen LogP contribution is -2.41. The smallest absolute Gasteiger partial charge is 0.399 e. The summed E-state index contributed by atoms with van der Waals surface area (Å²) in [6.07, 6.45) is 1.01. The maximum Gasteiger partial charge on any atom is 0.494 e. The SMILES string of the molecule is CN[C@H]1CCN(C(=O)c2ccc(B3OC(C)(C)C(C)(C)O3)cc2)C1. The Morgan fingerprint density at radius 1 is 1.17 bits per heavy atom. The Hall–Kier alpha value is -1.37. The molecule has 0 saturated carbocycles. The second-order valence-electron chi connectivity index (χ2n) is 7.74. The lowest BCUT2D eigenvalue weighted by molar-refractivity contribution is 0.00578. The second-order valence-corrected chi connectivity index (χ2v) is 7.74. The van der Waals surface area contributed by atoms with Crippen molar-refractivity contribution < 1.29 is 14.1 Å². The average molecular weight is 330 g/mol. The number of nitrogens with one attached hydrogen (secondary N) is 1. The summed E-state index contributed by atoms with van der Waals surface area (Å²) in [5, 5.41) is 3.23. The molecule has 2 aliphatic rings. The third-order valence-corrected chi connectivity index (χ3v) is 5.57. The standard InChI is InChI=1S/C18H27BN2O3/c1-17(2)18(3,4)24-19(23-17)14-8-6-13(7-9-14)16(22)21-11-10-15(12-21)20-5/h6-9,15,20H,10-12H2,1-5H3/t15-/m0/s1. The number of hydrogen-bond acceptors (Lipinski definition) is 4. The van der Waals surface area contributed by atoms with E-state index in [4.69, 9.17) is 9.31 Å². The summed E-state index contributed by atoms with van der Waals surface area (Å²) in [5.41, 5.74) is 0.944. The molecule has 2 heterocycles. The number of nitrogens with zero attached hydrogens (tertiary/aromatic N) is 1. The van der Waals surface area contributed by atoms with Gasteiger partial charge in [-0.05, 0) is 58.8 Å². The molecule has 0 aromatic heterocycles. The normalized spacial score (nSPS) is 25.3. The molecule has 1 amide bonds. The fourth-order valence-corrected chi connectivity index (χ4v) is 3.12. The van der Waals surface area contributed by atoms with E-state index in [9.17, 15) is 4.79 Å². The number of likely N-dealkylation sites (N-methyl/N-ethyl adjacent to an activating group) is 1. The second kappa shape index (κ2) is 6.17. The van der Waals surface area contributed by atoms with Crippen molar-refractivity contribution in [2.75, 3.05) is 20.1 Å². The first-order chi connectivity index (χ1) is 11.2. The van der Waals surface area contributed by atoms with E-state index in [2.05, 4.69) is 5.32 Å². The fourth-order valence-electron chi connectivity index (χ4n) is 3.12. The van der Waals surface area contributed by atoms with Crippen LogP contribution in [0.15, 0.2) is 24.3 Å². The summed E-state index contributed by atoms with van der Waals surface area (Å²) < 4.78 is 12.1. The molecule has 2 fully saturated rings. The molecule has 2 saturated heterocycles. The number of benzene rings is 1. The van der Waals surface area contributed by atoms with E-state index in [0.29, 0.717) is 11.6 Å². The van der Waals surface area contributed by atoms with Gasteiger partial charge in [-0.2, -0.15) is 0 Å². The molecule has 3 rings (SSSR count). The van der Waals surface area contributed by atoms with Gasteiger partial charge in [-0.15, -0.1) is 0 Å². The van der Waals surface area contributed by atoms with Gasteiger partial charge < -0.3 is 19.5 Å². The van der Waals surface area contributed by atoms with E-state index in [0.717, 1.165) is 25.0 Å². The largest absolute Gasteiger partial charge is 0.494 e. The Balaban J connectivity index is 1.69. The van der Waals surface area contributed by atoms with E-state index in [1.165, 1.54) is 0 Å². The van der Waals surface area contributed by atoms with Crippen LogP contribution in [0, 0.1) is 0 Å². The fraction of sp³-hybridized carbons (Fsp3) is 0.611. The molecular weight excluding hydrogens is 303 g/mol. The number of amides is 1. The Labute approximate surface area is 144 Å². The van der Waals surface area contributed by atoms with Crippen LogP contribution in [0.2, 0.25) is 0 Å². The van der Waals surface area contributed by atoms with Crippen molar-refractivity contribution in [3.8, 4) is 0 Å². The molecule has 0 radical (unpaired) electrons. The van der Waals surface area contributed by atoms with Crippen LogP contribution >= 0.6 is 0 Å². The van der Waals surface area contributed by atoms with Gasteiger partial charge in [0.25, 0.3) is 5.91 Å². The van der Waals surface area contributed by atoms with Crippen LogP contribution in [0.3, 0.4) is 0 Å². The summed E-state index contributed by atoms with van der Waals surface area (Å²) in [5.74, 6) is 0.0909. The monoisotopic (exact) mass is 330 g/mol. The van der Waals surface area contributed by atoms with E-state index >= 15 is 0 Å². The molecular formula is C18H27BN2O3. The van der Waals surface area contributed by atoms with E-state index in [1.807, 2.05) is 63.9 Å². The summed E-state index contributed by atoms with van der Waals surface area (Å²) in [6, 6.07) is 8.00. The highest BCUT2D eigenvalue weighted by atomic mass is 16.7. The summed E-state index contributed by atoms with van der Waals surface area (Å²) in [6.45, 7) is 9.73. The molecule has 130 valence electrons. The predicted octanol–water partition coefficient (Wildman–Crippen LogP) is 1.42.